The van der Waals surface area contributed by atoms with Crippen LogP contribution in [0.25, 0.3) is 10.6 Å². The lowest BCUT2D eigenvalue weighted by molar-refractivity contribution is 0.0944. The molecule has 0 atom stereocenters. The van der Waals surface area contributed by atoms with Crippen molar-refractivity contribution in [3.05, 3.63) is 59.4 Å². The van der Waals surface area contributed by atoms with E-state index >= 15 is 0 Å². The predicted octanol–water partition coefficient (Wildman–Crippen LogP) is 2.35. The molecule has 3 heterocycles. The molecule has 8 heteroatoms. The molecule has 128 valence electrons. The van der Waals surface area contributed by atoms with Crippen molar-refractivity contribution in [2.24, 2.45) is 0 Å². The Hall–Kier alpha value is -3.00. The Labute approximate surface area is 148 Å². The minimum Gasteiger partial charge on any atom is -0.355 e. The number of carbonyl (C=O) groups is 2. The molecule has 0 aliphatic carbocycles. The summed E-state index contributed by atoms with van der Waals surface area (Å²) in [5.74, 6) is 0.0885. The Morgan fingerprint density at radius 3 is 2.68 bits per heavy atom. The molecule has 25 heavy (non-hydrogen) atoms. The molecule has 0 fully saturated rings. The van der Waals surface area contributed by atoms with Crippen LogP contribution in [0, 0.1) is 0 Å². The van der Waals surface area contributed by atoms with Crippen LogP contribution in [0.4, 0.5) is 0 Å². The maximum Gasteiger partial charge on any atom is 0.273 e. The van der Waals surface area contributed by atoms with Crippen molar-refractivity contribution < 1.29 is 14.1 Å². The highest BCUT2D eigenvalue weighted by atomic mass is 32.1. The smallest absolute Gasteiger partial charge is 0.273 e. The number of hydrogen-bond donors (Lipinski definition) is 2. The number of amides is 2. The first kappa shape index (κ1) is 16.8. The first-order valence-electron chi connectivity index (χ1n) is 7.71. The molecular formula is C17H16N4O3S. The van der Waals surface area contributed by atoms with Gasteiger partial charge in [0.05, 0.1) is 10.4 Å². The molecule has 0 spiro atoms. The average Bonchev–Trinajstić information content (AvgIpc) is 3.33. The number of nitrogens with one attached hydrogen (secondary N) is 2. The van der Waals surface area contributed by atoms with Crippen LogP contribution in [0.15, 0.2) is 52.6 Å². The van der Waals surface area contributed by atoms with Crippen LogP contribution in [0.1, 0.15) is 27.3 Å². The fourth-order valence-corrected chi connectivity index (χ4v) is 2.77. The standard InChI is InChI=1S/C17H16N4O3S/c22-16(12-4-1-6-18-11-12)19-7-3-8-20-17(23)13-10-14(24-21-13)15-5-2-9-25-15/h1-2,4-6,9-11H,3,7-8H2,(H,19,22)(H,20,23). The van der Waals surface area contributed by atoms with Crippen LogP contribution in [-0.4, -0.2) is 35.0 Å². The summed E-state index contributed by atoms with van der Waals surface area (Å²) in [6, 6.07) is 8.82. The summed E-state index contributed by atoms with van der Waals surface area (Å²) in [5.41, 5.74) is 0.748. The minimum absolute atomic E-state index is 0.184. The number of pyridine rings is 1. The van der Waals surface area contributed by atoms with E-state index in [9.17, 15) is 9.59 Å². The van der Waals surface area contributed by atoms with Gasteiger partial charge in [0.25, 0.3) is 11.8 Å². The van der Waals surface area contributed by atoms with Crippen molar-refractivity contribution in [2.75, 3.05) is 13.1 Å². The van der Waals surface area contributed by atoms with E-state index in [4.69, 9.17) is 4.52 Å². The van der Waals surface area contributed by atoms with Crippen LogP contribution < -0.4 is 10.6 Å². The van der Waals surface area contributed by atoms with Gasteiger partial charge in [0, 0.05) is 31.5 Å². The summed E-state index contributed by atoms with van der Waals surface area (Å²) in [6.45, 7) is 0.876. The molecule has 0 saturated carbocycles. The van der Waals surface area contributed by atoms with Gasteiger partial charge in [-0.25, -0.2) is 0 Å². The highest BCUT2D eigenvalue weighted by Gasteiger charge is 2.13. The van der Waals surface area contributed by atoms with Crippen LogP contribution in [-0.2, 0) is 0 Å². The van der Waals surface area contributed by atoms with Crippen LogP contribution in [0.2, 0.25) is 0 Å². The molecule has 3 aromatic rings. The topological polar surface area (TPSA) is 97.1 Å². The van der Waals surface area contributed by atoms with Crippen molar-refractivity contribution >= 4 is 23.2 Å². The Bertz CT molecular complexity index is 831. The molecule has 0 unspecified atom stereocenters. The lowest BCUT2D eigenvalue weighted by atomic mass is 10.2. The maximum absolute atomic E-state index is 12.0. The Morgan fingerprint density at radius 2 is 1.96 bits per heavy atom. The Balaban J connectivity index is 1.39. The molecule has 0 aromatic carbocycles. The van der Waals surface area contributed by atoms with Crippen LogP contribution in [0.5, 0.6) is 0 Å². The van der Waals surface area contributed by atoms with E-state index in [0.29, 0.717) is 30.8 Å². The molecule has 2 amide bonds. The van der Waals surface area contributed by atoms with Crippen molar-refractivity contribution in [2.45, 2.75) is 6.42 Å². The molecule has 7 nitrogen and oxygen atoms in total. The second-order valence-corrected chi connectivity index (χ2v) is 6.11. The van der Waals surface area contributed by atoms with E-state index in [1.807, 2.05) is 17.5 Å². The van der Waals surface area contributed by atoms with Gasteiger partial charge in [-0.2, -0.15) is 0 Å². The second kappa shape index (κ2) is 8.20. The molecule has 3 aromatic heterocycles. The van der Waals surface area contributed by atoms with Gasteiger partial charge < -0.3 is 15.2 Å². The molecule has 3 rings (SSSR count). The molecule has 0 saturated heterocycles. The number of aromatic nitrogens is 2. The monoisotopic (exact) mass is 356 g/mol. The number of rotatable bonds is 7. The van der Waals surface area contributed by atoms with E-state index in [1.54, 1.807) is 24.4 Å². The van der Waals surface area contributed by atoms with Gasteiger partial charge in [0.15, 0.2) is 11.5 Å². The summed E-state index contributed by atoms with van der Waals surface area (Å²) < 4.78 is 5.17. The summed E-state index contributed by atoms with van der Waals surface area (Å²) in [5, 5.41) is 11.2. The molecule has 2 N–H and O–H groups in total. The van der Waals surface area contributed by atoms with E-state index in [-0.39, 0.29) is 17.5 Å². The fraction of sp³-hybridized carbons (Fsp3) is 0.176. The summed E-state index contributed by atoms with van der Waals surface area (Å²) in [6.07, 6.45) is 3.72. The highest BCUT2D eigenvalue weighted by molar-refractivity contribution is 7.13. The van der Waals surface area contributed by atoms with Crippen LogP contribution in [0.3, 0.4) is 0 Å². The third-order valence-electron chi connectivity index (χ3n) is 3.36. The molecule has 0 aliphatic heterocycles. The Morgan fingerprint density at radius 1 is 1.12 bits per heavy atom. The van der Waals surface area contributed by atoms with Gasteiger partial charge >= 0.3 is 0 Å². The van der Waals surface area contributed by atoms with E-state index in [0.717, 1.165) is 4.88 Å². The molecule has 0 aliphatic rings. The molecule has 0 radical (unpaired) electrons. The minimum atomic E-state index is -0.301. The van der Waals surface area contributed by atoms with Gasteiger partial charge in [0.2, 0.25) is 0 Å². The summed E-state index contributed by atoms with van der Waals surface area (Å²) in [7, 11) is 0. The zero-order valence-corrected chi connectivity index (χ0v) is 14.1. The largest absolute Gasteiger partial charge is 0.355 e. The summed E-state index contributed by atoms with van der Waals surface area (Å²) in [4.78, 5) is 28.7. The van der Waals surface area contributed by atoms with E-state index < -0.39 is 0 Å². The summed E-state index contributed by atoms with van der Waals surface area (Å²) >= 11 is 1.52. The average molecular weight is 356 g/mol. The normalized spacial score (nSPS) is 10.4. The maximum atomic E-state index is 12.0. The first-order chi connectivity index (χ1) is 12.2. The quantitative estimate of drug-likeness (QED) is 0.633. The fourth-order valence-electron chi connectivity index (χ4n) is 2.10. The second-order valence-electron chi connectivity index (χ2n) is 5.16. The van der Waals surface area contributed by atoms with Crippen molar-refractivity contribution in [3.63, 3.8) is 0 Å². The number of hydrogen-bond acceptors (Lipinski definition) is 6. The van der Waals surface area contributed by atoms with Gasteiger partial charge in [-0.3, -0.25) is 14.6 Å². The lowest BCUT2D eigenvalue weighted by Gasteiger charge is -2.05. The van der Waals surface area contributed by atoms with E-state index in [1.165, 1.54) is 17.5 Å². The van der Waals surface area contributed by atoms with Gasteiger partial charge in [-0.15, -0.1) is 11.3 Å². The van der Waals surface area contributed by atoms with Crippen molar-refractivity contribution in [3.8, 4) is 10.6 Å². The van der Waals surface area contributed by atoms with Crippen molar-refractivity contribution in [1.82, 2.24) is 20.8 Å². The third kappa shape index (κ3) is 4.51. The SMILES string of the molecule is O=C(NCCCNC(=O)c1cc(-c2cccs2)on1)c1cccnc1. The third-order valence-corrected chi connectivity index (χ3v) is 4.24. The van der Waals surface area contributed by atoms with Crippen molar-refractivity contribution in [1.29, 1.82) is 0 Å². The highest BCUT2D eigenvalue weighted by Crippen LogP contribution is 2.24. The molecule has 0 bridgehead atoms. The number of nitrogens with zero attached hydrogens (tertiary/aromatic N) is 2. The predicted molar refractivity (Wildman–Crippen MR) is 93.3 cm³/mol. The van der Waals surface area contributed by atoms with Gasteiger partial charge in [-0.05, 0) is 30.0 Å². The number of carbonyl (C=O) groups excluding carboxylic acids is 2. The lowest BCUT2D eigenvalue weighted by Crippen LogP contribution is -2.30. The van der Waals surface area contributed by atoms with Crippen LogP contribution >= 0.6 is 11.3 Å². The number of thiophene rings is 1. The molecular weight excluding hydrogens is 340 g/mol. The van der Waals surface area contributed by atoms with Gasteiger partial charge in [0.1, 0.15) is 0 Å². The zero-order valence-electron chi connectivity index (χ0n) is 13.3. The first-order valence-corrected chi connectivity index (χ1v) is 8.59. The van der Waals surface area contributed by atoms with Gasteiger partial charge in [-0.1, -0.05) is 11.2 Å². The van der Waals surface area contributed by atoms with E-state index in [2.05, 4.69) is 20.8 Å². The Kier molecular flexibility index (Phi) is 5.53. The zero-order chi connectivity index (χ0) is 17.5.